The van der Waals surface area contributed by atoms with Crippen LogP contribution in [-0.2, 0) is 9.59 Å². The van der Waals surface area contributed by atoms with E-state index in [4.69, 9.17) is 5.73 Å². The number of imide groups is 1. The summed E-state index contributed by atoms with van der Waals surface area (Å²) in [7, 11) is 0. The number of carbonyl (C=O) groups excluding carboxylic acids is 2. The Morgan fingerprint density at radius 2 is 2.20 bits per heavy atom. The normalized spacial score (nSPS) is 23.5. The molecule has 0 radical (unpaired) electrons. The first kappa shape index (κ1) is 15.2. The minimum Gasteiger partial charge on any atom is -0.326 e. The molecular formula is C14H21N3O2S. The third-order valence-corrected chi connectivity index (χ3v) is 4.82. The van der Waals surface area contributed by atoms with Gasteiger partial charge >= 0.3 is 0 Å². The number of thiophene rings is 1. The maximum Gasteiger partial charge on any atom is 0.243 e. The highest BCUT2D eigenvalue weighted by atomic mass is 32.1. The monoisotopic (exact) mass is 295 g/mol. The average Bonchev–Trinajstić information content (AvgIpc) is 2.81. The summed E-state index contributed by atoms with van der Waals surface area (Å²) in [6.07, 6.45) is 0.792. The number of amides is 2. The summed E-state index contributed by atoms with van der Waals surface area (Å²) in [5.41, 5.74) is 6.26. The summed E-state index contributed by atoms with van der Waals surface area (Å²) in [6.45, 7) is 6.09. The van der Waals surface area contributed by atoms with E-state index in [1.54, 1.807) is 11.3 Å². The number of hydrogen-bond acceptors (Lipinski definition) is 5. The van der Waals surface area contributed by atoms with Crippen LogP contribution >= 0.6 is 11.3 Å². The van der Waals surface area contributed by atoms with Gasteiger partial charge in [0.1, 0.15) is 0 Å². The number of aryl methyl sites for hydroxylation is 1. The molecule has 3 atom stereocenters. The molecule has 1 aliphatic rings. The molecule has 0 bridgehead atoms. The number of carbonyl (C=O) groups is 2. The van der Waals surface area contributed by atoms with E-state index in [0.29, 0.717) is 0 Å². The van der Waals surface area contributed by atoms with Crippen molar-refractivity contribution in [2.45, 2.75) is 45.3 Å². The van der Waals surface area contributed by atoms with Crippen LogP contribution in [0.1, 0.15) is 36.1 Å². The van der Waals surface area contributed by atoms with E-state index >= 15 is 0 Å². The van der Waals surface area contributed by atoms with Crippen molar-refractivity contribution in [3.8, 4) is 0 Å². The van der Waals surface area contributed by atoms with Crippen molar-refractivity contribution in [3.05, 3.63) is 21.9 Å². The Hall–Kier alpha value is -1.24. The van der Waals surface area contributed by atoms with Crippen LogP contribution < -0.4 is 11.1 Å². The van der Waals surface area contributed by atoms with E-state index in [-0.39, 0.29) is 36.5 Å². The zero-order valence-corrected chi connectivity index (χ0v) is 12.9. The van der Waals surface area contributed by atoms with Gasteiger partial charge in [0, 0.05) is 15.8 Å². The smallest absolute Gasteiger partial charge is 0.243 e. The highest BCUT2D eigenvalue weighted by Crippen LogP contribution is 2.32. The van der Waals surface area contributed by atoms with Gasteiger partial charge in [-0.2, -0.15) is 0 Å². The number of nitrogens with two attached hydrogens (primary N) is 1. The molecule has 110 valence electrons. The first-order chi connectivity index (χ1) is 9.43. The van der Waals surface area contributed by atoms with Gasteiger partial charge in [-0.05, 0) is 32.4 Å². The highest BCUT2D eigenvalue weighted by Gasteiger charge is 2.38. The second-order valence-corrected chi connectivity index (χ2v) is 6.55. The van der Waals surface area contributed by atoms with E-state index in [1.807, 2.05) is 37.8 Å². The van der Waals surface area contributed by atoms with E-state index in [1.165, 1.54) is 4.88 Å². The topological polar surface area (TPSA) is 75.4 Å². The molecule has 2 amide bonds. The van der Waals surface area contributed by atoms with E-state index in [2.05, 4.69) is 5.32 Å². The van der Waals surface area contributed by atoms with Crippen molar-refractivity contribution in [1.82, 2.24) is 10.2 Å². The maximum absolute atomic E-state index is 11.9. The van der Waals surface area contributed by atoms with Crippen LogP contribution in [0.25, 0.3) is 0 Å². The van der Waals surface area contributed by atoms with Crippen LogP contribution in [0.2, 0.25) is 0 Å². The second-order valence-electron chi connectivity index (χ2n) is 5.23. The minimum atomic E-state index is -0.349. The van der Waals surface area contributed by atoms with Crippen molar-refractivity contribution >= 4 is 23.2 Å². The summed E-state index contributed by atoms with van der Waals surface area (Å²) in [5, 5.41) is 2.37. The summed E-state index contributed by atoms with van der Waals surface area (Å²) >= 11 is 1.67. The fourth-order valence-electron chi connectivity index (χ4n) is 2.53. The summed E-state index contributed by atoms with van der Waals surface area (Å²) in [6, 6.07) is 3.55. The Bertz CT molecular complexity index is 514. The molecule has 3 N–H and O–H groups in total. The molecule has 20 heavy (non-hydrogen) atoms. The van der Waals surface area contributed by atoms with Crippen molar-refractivity contribution in [1.29, 1.82) is 0 Å². The zero-order valence-electron chi connectivity index (χ0n) is 12.1. The van der Waals surface area contributed by atoms with Crippen LogP contribution in [0.3, 0.4) is 0 Å². The lowest BCUT2D eigenvalue weighted by Gasteiger charge is -2.40. The third-order valence-electron chi connectivity index (χ3n) is 3.75. The van der Waals surface area contributed by atoms with Crippen LogP contribution in [-0.4, -0.2) is 35.3 Å². The van der Waals surface area contributed by atoms with Crippen LogP contribution in [0.4, 0.5) is 0 Å². The van der Waals surface area contributed by atoms with Gasteiger partial charge in [0.2, 0.25) is 11.8 Å². The fraction of sp³-hybridized carbons (Fsp3) is 0.571. The molecule has 1 saturated heterocycles. The maximum atomic E-state index is 11.9. The first-order valence-electron chi connectivity index (χ1n) is 6.85. The van der Waals surface area contributed by atoms with Crippen LogP contribution in [0, 0.1) is 6.92 Å². The molecular weight excluding hydrogens is 274 g/mol. The molecule has 3 unspecified atom stereocenters. The SMILES string of the molecule is CCC(N)C(c1ccc(C)s1)N1CC(=O)NC(=O)C1C. The molecule has 1 aromatic heterocycles. The van der Waals surface area contributed by atoms with Gasteiger partial charge in [-0.3, -0.25) is 19.8 Å². The summed E-state index contributed by atoms with van der Waals surface area (Å²) in [4.78, 5) is 27.8. The highest BCUT2D eigenvalue weighted by molar-refractivity contribution is 7.12. The van der Waals surface area contributed by atoms with Gasteiger partial charge in [0.25, 0.3) is 0 Å². The van der Waals surface area contributed by atoms with Crippen molar-refractivity contribution in [2.75, 3.05) is 6.54 Å². The number of nitrogens with one attached hydrogen (secondary N) is 1. The minimum absolute atomic E-state index is 0.0938. The standard InChI is InChI=1S/C14H21N3O2S/c1-4-10(15)13(11-6-5-8(2)20-11)17-7-12(18)16-14(19)9(17)3/h5-6,9-10,13H,4,7,15H2,1-3H3,(H,16,18,19). The first-order valence-corrected chi connectivity index (χ1v) is 7.67. The molecule has 0 aromatic carbocycles. The van der Waals surface area contributed by atoms with Crippen LogP contribution in [0.5, 0.6) is 0 Å². The van der Waals surface area contributed by atoms with Gasteiger partial charge in [0.05, 0.1) is 18.6 Å². The average molecular weight is 295 g/mol. The molecule has 1 fully saturated rings. The molecule has 1 aliphatic heterocycles. The summed E-state index contributed by atoms with van der Waals surface area (Å²) in [5.74, 6) is -0.502. The van der Waals surface area contributed by atoms with Crippen molar-refractivity contribution < 1.29 is 9.59 Å². The predicted octanol–water partition coefficient (Wildman–Crippen LogP) is 1.18. The number of hydrogen-bond donors (Lipinski definition) is 2. The molecule has 2 heterocycles. The number of nitrogens with zero attached hydrogens (tertiary/aromatic N) is 1. The number of rotatable bonds is 4. The number of piperazine rings is 1. The lowest BCUT2D eigenvalue weighted by atomic mass is 9.99. The van der Waals surface area contributed by atoms with Gasteiger partial charge in [-0.25, -0.2) is 0 Å². The summed E-state index contributed by atoms with van der Waals surface area (Å²) < 4.78 is 0. The second kappa shape index (κ2) is 6.03. The van der Waals surface area contributed by atoms with Gasteiger partial charge in [-0.1, -0.05) is 6.92 Å². The largest absolute Gasteiger partial charge is 0.326 e. The molecule has 0 spiro atoms. The van der Waals surface area contributed by atoms with Gasteiger partial charge in [-0.15, -0.1) is 11.3 Å². The van der Waals surface area contributed by atoms with Crippen molar-refractivity contribution in [2.24, 2.45) is 5.73 Å². The van der Waals surface area contributed by atoms with Crippen LogP contribution in [0.15, 0.2) is 12.1 Å². The van der Waals surface area contributed by atoms with Gasteiger partial charge < -0.3 is 5.73 Å². The Morgan fingerprint density at radius 1 is 1.50 bits per heavy atom. The Balaban J connectivity index is 2.35. The van der Waals surface area contributed by atoms with E-state index in [9.17, 15) is 9.59 Å². The molecule has 2 rings (SSSR count). The van der Waals surface area contributed by atoms with Crippen molar-refractivity contribution in [3.63, 3.8) is 0 Å². The van der Waals surface area contributed by atoms with E-state index in [0.717, 1.165) is 11.3 Å². The molecule has 1 aromatic rings. The molecule has 6 heteroatoms. The van der Waals surface area contributed by atoms with E-state index < -0.39 is 0 Å². The van der Waals surface area contributed by atoms with Gasteiger partial charge in [0.15, 0.2) is 0 Å². The fourth-order valence-corrected chi connectivity index (χ4v) is 3.60. The molecule has 0 saturated carbocycles. The Morgan fingerprint density at radius 3 is 2.75 bits per heavy atom. The Labute approximate surface area is 123 Å². The quantitative estimate of drug-likeness (QED) is 0.818. The zero-order chi connectivity index (χ0) is 14.9. The Kier molecular flexibility index (Phi) is 4.57. The third kappa shape index (κ3) is 2.92. The lowest BCUT2D eigenvalue weighted by molar-refractivity contribution is -0.141. The molecule has 0 aliphatic carbocycles. The molecule has 5 nitrogen and oxygen atoms in total. The predicted molar refractivity (Wildman–Crippen MR) is 79.4 cm³/mol. The lowest BCUT2D eigenvalue weighted by Crippen LogP contribution is -2.59.